The summed E-state index contributed by atoms with van der Waals surface area (Å²) in [6.45, 7) is 5.53. The van der Waals surface area contributed by atoms with E-state index in [0.717, 1.165) is 25.1 Å². The molecule has 1 aliphatic heterocycles. The summed E-state index contributed by atoms with van der Waals surface area (Å²) in [6.07, 6.45) is 2.25. The molecule has 0 spiro atoms. The maximum atomic E-state index is 12.6. The van der Waals surface area contributed by atoms with Gasteiger partial charge in [0.15, 0.2) is 0 Å². The molecule has 126 valence electrons. The normalized spacial score (nSPS) is 16.0. The van der Waals surface area contributed by atoms with Gasteiger partial charge < -0.3 is 15.5 Å². The highest BCUT2D eigenvalue weighted by atomic mass is 16.2. The molecule has 0 aromatic heterocycles. The Bertz CT molecular complexity index is 571. The van der Waals surface area contributed by atoms with Gasteiger partial charge in [0.1, 0.15) is 0 Å². The molecule has 23 heavy (non-hydrogen) atoms. The van der Waals surface area contributed by atoms with Crippen LogP contribution in [0.25, 0.3) is 0 Å². The van der Waals surface area contributed by atoms with Crippen LogP contribution in [0.15, 0.2) is 24.3 Å². The van der Waals surface area contributed by atoms with Crippen LogP contribution in [0.3, 0.4) is 0 Å². The van der Waals surface area contributed by atoms with E-state index in [-0.39, 0.29) is 17.9 Å². The van der Waals surface area contributed by atoms with Gasteiger partial charge in [0.2, 0.25) is 5.91 Å². The van der Waals surface area contributed by atoms with Crippen LogP contribution in [0, 0.1) is 5.92 Å². The highest BCUT2D eigenvalue weighted by molar-refractivity contribution is 5.98. The molecule has 1 fully saturated rings. The third kappa shape index (κ3) is 4.32. The molecule has 1 saturated heterocycles. The van der Waals surface area contributed by atoms with Gasteiger partial charge in [-0.1, -0.05) is 19.9 Å². The lowest BCUT2D eigenvalue weighted by Gasteiger charge is -2.22. The minimum absolute atomic E-state index is 0.0329. The minimum atomic E-state index is -0.0329. The molecule has 2 N–H and O–H groups in total. The third-order valence-corrected chi connectivity index (χ3v) is 4.48. The van der Waals surface area contributed by atoms with Gasteiger partial charge in [0, 0.05) is 43.9 Å². The van der Waals surface area contributed by atoms with E-state index in [9.17, 15) is 9.59 Å². The number of hydrogen-bond donors (Lipinski definition) is 1. The van der Waals surface area contributed by atoms with Crippen LogP contribution in [0.2, 0.25) is 0 Å². The van der Waals surface area contributed by atoms with Crippen molar-refractivity contribution in [2.45, 2.75) is 39.2 Å². The smallest absolute Gasteiger partial charge is 0.253 e. The number of amides is 2. The molecule has 0 radical (unpaired) electrons. The van der Waals surface area contributed by atoms with Crippen molar-refractivity contribution in [2.75, 3.05) is 25.0 Å². The van der Waals surface area contributed by atoms with Crippen molar-refractivity contribution in [3.8, 4) is 0 Å². The van der Waals surface area contributed by atoms with Crippen LogP contribution >= 0.6 is 0 Å². The Morgan fingerprint density at radius 1 is 1.39 bits per heavy atom. The number of nitrogens with two attached hydrogens (primary N) is 1. The van der Waals surface area contributed by atoms with Crippen molar-refractivity contribution in [3.63, 3.8) is 0 Å². The molecule has 0 aliphatic carbocycles. The molecular formula is C18H27N3O2. The number of rotatable bonds is 6. The van der Waals surface area contributed by atoms with E-state index in [0.29, 0.717) is 24.4 Å². The summed E-state index contributed by atoms with van der Waals surface area (Å²) < 4.78 is 0. The summed E-state index contributed by atoms with van der Waals surface area (Å²) in [5.41, 5.74) is 7.47. The average molecular weight is 317 g/mol. The lowest BCUT2D eigenvalue weighted by atomic mass is 10.0. The Balaban J connectivity index is 2.03. The quantitative estimate of drug-likeness (QED) is 0.875. The molecule has 5 nitrogen and oxygen atoms in total. The number of hydrogen-bond acceptors (Lipinski definition) is 3. The number of benzene rings is 1. The van der Waals surface area contributed by atoms with Gasteiger partial charge in [-0.05, 0) is 37.0 Å². The Morgan fingerprint density at radius 2 is 2.13 bits per heavy atom. The van der Waals surface area contributed by atoms with E-state index in [2.05, 4.69) is 13.8 Å². The van der Waals surface area contributed by atoms with Gasteiger partial charge in [0.25, 0.3) is 5.91 Å². The first-order chi connectivity index (χ1) is 10.9. The van der Waals surface area contributed by atoms with E-state index in [1.807, 2.05) is 18.2 Å². The SMILES string of the molecule is CC(C)C(N)CCN(C)C(=O)c1cccc(N2CCCC2=O)c1. The van der Waals surface area contributed by atoms with E-state index in [1.54, 1.807) is 22.9 Å². The van der Waals surface area contributed by atoms with Gasteiger partial charge in [-0.3, -0.25) is 9.59 Å². The molecule has 1 unspecified atom stereocenters. The van der Waals surface area contributed by atoms with Gasteiger partial charge >= 0.3 is 0 Å². The molecule has 0 bridgehead atoms. The lowest BCUT2D eigenvalue weighted by Crippen LogP contribution is -2.34. The first-order valence-corrected chi connectivity index (χ1v) is 8.31. The number of carbonyl (C=O) groups is 2. The van der Waals surface area contributed by atoms with Crippen LogP contribution in [-0.2, 0) is 4.79 Å². The lowest BCUT2D eigenvalue weighted by molar-refractivity contribution is -0.117. The van der Waals surface area contributed by atoms with Gasteiger partial charge in [-0.15, -0.1) is 0 Å². The molecular weight excluding hydrogens is 290 g/mol. The second-order valence-corrected chi connectivity index (χ2v) is 6.62. The standard InChI is InChI=1S/C18H27N3O2/c1-13(2)16(19)9-11-20(3)18(23)14-6-4-7-15(12-14)21-10-5-8-17(21)22/h4,6-7,12-13,16H,5,8-11,19H2,1-3H3. The fourth-order valence-electron chi connectivity index (χ4n) is 2.73. The van der Waals surface area contributed by atoms with Crippen molar-refractivity contribution in [1.29, 1.82) is 0 Å². The van der Waals surface area contributed by atoms with Crippen LogP contribution < -0.4 is 10.6 Å². The van der Waals surface area contributed by atoms with Crippen molar-refractivity contribution >= 4 is 17.5 Å². The monoisotopic (exact) mass is 317 g/mol. The maximum Gasteiger partial charge on any atom is 0.253 e. The molecule has 2 rings (SSSR count). The van der Waals surface area contributed by atoms with Gasteiger partial charge in [-0.2, -0.15) is 0 Å². The summed E-state index contributed by atoms with van der Waals surface area (Å²) in [6, 6.07) is 7.42. The Morgan fingerprint density at radius 3 is 2.74 bits per heavy atom. The fourth-order valence-corrected chi connectivity index (χ4v) is 2.73. The molecule has 0 saturated carbocycles. The highest BCUT2D eigenvalue weighted by Gasteiger charge is 2.23. The number of carbonyl (C=O) groups excluding carboxylic acids is 2. The van der Waals surface area contributed by atoms with E-state index in [1.165, 1.54) is 0 Å². The predicted molar refractivity (Wildman–Crippen MR) is 92.4 cm³/mol. The number of nitrogens with zero attached hydrogens (tertiary/aromatic N) is 2. The first-order valence-electron chi connectivity index (χ1n) is 8.31. The van der Waals surface area contributed by atoms with E-state index < -0.39 is 0 Å². The Labute approximate surface area is 138 Å². The second-order valence-electron chi connectivity index (χ2n) is 6.62. The summed E-state index contributed by atoms with van der Waals surface area (Å²) in [7, 11) is 1.79. The molecule has 5 heteroatoms. The van der Waals surface area contributed by atoms with Gasteiger partial charge in [0.05, 0.1) is 0 Å². The van der Waals surface area contributed by atoms with Crippen molar-refractivity contribution in [1.82, 2.24) is 4.90 Å². The molecule has 1 aromatic rings. The highest BCUT2D eigenvalue weighted by Crippen LogP contribution is 2.22. The summed E-state index contributed by atoms with van der Waals surface area (Å²) in [4.78, 5) is 27.9. The molecule has 1 aromatic carbocycles. The number of anilines is 1. The van der Waals surface area contributed by atoms with Crippen LogP contribution in [0.4, 0.5) is 5.69 Å². The Kier molecular flexibility index (Phi) is 5.77. The van der Waals surface area contributed by atoms with Crippen LogP contribution in [0.5, 0.6) is 0 Å². The summed E-state index contributed by atoms with van der Waals surface area (Å²) in [5, 5.41) is 0. The topological polar surface area (TPSA) is 66.6 Å². The molecule has 1 heterocycles. The van der Waals surface area contributed by atoms with Gasteiger partial charge in [-0.25, -0.2) is 0 Å². The predicted octanol–water partition coefficient (Wildman–Crippen LogP) is 2.26. The fraction of sp³-hybridized carbons (Fsp3) is 0.556. The van der Waals surface area contributed by atoms with E-state index >= 15 is 0 Å². The zero-order valence-electron chi connectivity index (χ0n) is 14.3. The Hall–Kier alpha value is -1.88. The maximum absolute atomic E-state index is 12.6. The second kappa shape index (κ2) is 7.59. The largest absolute Gasteiger partial charge is 0.342 e. The van der Waals surface area contributed by atoms with Crippen LogP contribution in [-0.4, -0.2) is 42.9 Å². The zero-order valence-corrected chi connectivity index (χ0v) is 14.3. The molecule has 2 amide bonds. The van der Waals surface area contributed by atoms with Crippen molar-refractivity contribution < 1.29 is 9.59 Å². The van der Waals surface area contributed by atoms with Crippen LogP contribution in [0.1, 0.15) is 43.5 Å². The minimum Gasteiger partial charge on any atom is -0.342 e. The molecule has 1 atom stereocenters. The third-order valence-electron chi connectivity index (χ3n) is 4.48. The molecule has 1 aliphatic rings. The summed E-state index contributed by atoms with van der Waals surface area (Å²) in [5.74, 6) is 0.503. The first kappa shape index (κ1) is 17.5. The van der Waals surface area contributed by atoms with E-state index in [4.69, 9.17) is 5.73 Å². The van der Waals surface area contributed by atoms with Crippen molar-refractivity contribution in [3.05, 3.63) is 29.8 Å². The zero-order chi connectivity index (χ0) is 17.0. The van der Waals surface area contributed by atoms with Crippen molar-refractivity contribution in [2.24, 2.45) is 11.7 Å². The summed E-state index contributed by atoms with van der Waals surface area (Å²) >= 11 is 0. The average Bonchev–Trinajstić information content (AvgIpc) is 2.97.